The number of hydrogen-bond acceptors (Lipinski definition) is 7. The van der Waals surface area contributed by atoms with Crippen LogP contribution < -0.4 is 5.32 Å². The molecule has 26 heavy (non-hydrogen) atoms. The smallest absolute Gasteiger partial charge is 0.412 e. The summed E-state index contributed by atoms with van der Waals surface area (Å²) in [7, 11) is -4.04. The van der Waals surface area contributed by atoms with Crippen LogP contribution in [-0.2, 0) is 19.3 Å². The number of amides is 2. The molecule has 0 aromatic carbocycles. The molecule has 2 amide bonds. The van der Waals surface area contributed by atoms with Crippen LogP contribution in [0.5, 0.6) is 0 Å². The number of carbonyl (C=O) groups is 2. The molecule has 9 nitrogen and oxygen atoms in total. The van der Waals surface area contributed by atoms with Crippen LogP contribution >= 0.6 is 0 Å². The van der Waals surface area contributed by atoms with Crippen molar-refractivity contribution in [2.24, 2.45) is 0 Å². The maximum absolute atomic E-state index is 12.5. The first-order valence-electron chi connectivity index (χ1n) is 8.26. The van der Waals surface area contributed by atoms with Gasteiger partial charge in [0, 0.05) is 19.2 Å². The van der Waals surface area contributed by atoms with Crippen molar-refractivity contribution >= 4 is 22.0 Å². The first-order chi connectivity index (χ1) is 11.3. The molecule has 0 spiro atoms. The Balaban J connectivity index is 3.26. The number of alkyl carbamates (subject to hydrolysis) is 1. The van der Waals surface area contributed by atoms with E-state index in [0.717, 1.165) is 18.1 Å². The number of ether oxygens (including phenoxy) is 2. The molecule has 0 aromatic rings. The number of rotatable bonds is 2. The normalized spacial score (nSPS) is 27.2. The third-order valence-electron chi connectivity index (χ3n) is 3.93. The molecule has 0 aromatic heterocycles. The summed E-state index contributed by atoms with van der Waals surface area (Å²) in [6.07, 6.45) is -1.21. The highest BCUT2D eigenvalue weighted by Crippen LogP contribution is 2.41. The minimum atomic E-state index is -4.04. The molecule has 2 atom stereocenters. The molecule has 152 valence electrons. The Morgan fingerprint density at radius 3 is 1.92 bits per heavy atom. The van der Waals surface area contributed by atoms with E-state index in [1.165, 1.54) is 0 Å². The second-order valence-electron chi connectivity index (χ2n) is 8.63. The number of nitrogens with one attached hydrogen (secondary N) is 1. The molecule has 1 aliphatic heterocycles. The SMILES string of the molecule is CC(C)(C)OC(=O)NC1(S(C)(=O)=O)CCN(C(=O)OC(C)(C)C)C1(C)O. The molecule has 2 unspecified atom stereocenters. The standard InChI is InChI=1S/C16H30N2O7S/c1-13(2,3)24-11(19)17-16(26(8,22)23)9-10-18(15(16,7)21)12(20)25-14(4,5)6/h21H,9-10H2,1-8H3,(H,17,19). The number of aliphatic hydroxyl groups is 1. The summed E-state index contributed by atoms with van der Waals surface area (Å²) in [6, 6.07) is 0. The summed E-state index contributed by atoms with van der Waals surface area (Å²) < 4.78 is 35.4. The van der Waals surface area contributed by atoms with Crippen molar-refractivity contribution in [2.75, 3.05) is 12.8 Å². The maximum atomic E-state index is 12.5. The van der Waals surface area contributed by atoms with Gasteiger partial charge < -0.3 is 14.6 Å². The molecule has 1 aliphatic rings. The van der Waals surface area contributed by atoms with E-state index >= 15 is 0 Å². The van der Waals surface area contributed by atoms with Crippen molar-refractivity contribution in [1.29, 1.82) is 0 Å². The minimum Gasteiger partial charge on any atom is -0.444 e. The fourth-order valence-corrected chi connectivity index (χ4v) is 4.35. The number of carbonyl (C=O) groups excluding carboxylic acids is 2. The molecule has 0 saturated carbocycles. The van der Waals surface area contributed by atoms with Crippen LogP contribution in [0, 0.1) is 0 Å². The van der Waals surface area contributed by atoms with E-state index in [-0.39, 0.29) is 13.0 Å². The Hall–Kier alpha value is -1.55. The van der Waals surface area contributed by atoms with E-state index in [2.05, 4.69) is 5.32 Å². The third kappa shape index (κ3) is 4.59. The van der Waals surface area contributed by atoms with Crippen molar-refractivity contribution in [2.45, 2.75) is 76.7 Å². The predicted octanol–water partition coefficient (Wildman–Crippen LogP) is 1.60. The van der Waals surface area contributed by atoms with Crippen molar-refractivity contribution in [3.05, 3.63) is 0 Å². The number of sulfone groups is 1. The molecule has 0 aliphatic carbocycles. The first kappa shape index (κ1) is 22.5. The average Bonchev–Trinajstić information content (AvgIpc) is 2.56. The molecule has 0 bridgehead atoms. The van der Waals surface area contributed by atoms with Gasteiger partial charge in [0.25, 0.3) is 0 Å². The van der Waals surface area contributed by atoms with E-state index in [9.17, 15) is 23.1 Å². The summed E-state index contributed by atoms with van der Waals surface area (Å²) in [6.45, 7) is 10.9. The summed E-state index contributed by atoms with van der Waals surface area (Å²) in [5.41, 5.74) is -3.93. The minimum absolute atomic E-state index is 0.120. The topological polar surface area (TPSA) is 122 Å². The molecule has 0 radical (unpaired) electrons. The summed E-state index contributed by atoms with van der Waals surface area (Å²) >= 11 is 0. The van der Waals surface area contributed by atoms with Gasteiger partial charge in [0.1, 0.15) is 11.2 Å². The van der Waals surface area contributed by atoms with Crippen LogP contribution in [0.4, 0.5) is 9.59 Å². The van der Waals surface area contributed by atoms with Crippen molar-refractivity contribution in [3.8, 4) is 0 Å². The monoisotopic (exact) mass is 394 g/mol. The molecular formula is C16H30N2O7S. The average molecular weight is 394 g/mol. The molecule has 1 saturated heterocycles. The van der Waals surface area contributed by atoms with Crippen molar-refractivity contribution in [3.63, 3.8) is 0 Å². The molecule has 1 heterocycles. The highest BCUT2D eigenvalue weighted by Gasteiger charge is 2.65. The van der Waals surface area contributed by atoms with Crippen LogP contribution in [0.3, 0.4) is 0 Å². The van der Waals surface area contributed by atoms with Gasteiger partial charge >= 0.3 is 12.2 Å². The second kappa shape index (κ2) is 6.56. The maximum Gasteiger partial charge on any atom is 0.412 e. The van der Waals surface area contributed by atoms with Crippen LogP contribution in [-0.4, -0.2) is 65.2 Å². The lowest BCUT2D eigenvalue weighted by Crippen LogP contribution is -2.69. The predicted molar refractivity (Wildman–Crippen MR) is 95.1 cm³/mol. The fourth-order valence-electron chi connectivity index (χ4n) is 2.81. The van der Waals surface area contributed by atoms with E-state index < -0.39 is 43.8 Å². The Bertz CT molecular complexity index is 674. The lowest BCUT2D eigenvalue weighted by atomic mass is 10.1. The van der Waals surface area contributed by atoms with Gasteiger partial charge in [-0.2, -0.15) is 0 Å². The van der Waals surface area contributed by atoms with Gasteiger partial charge in [-0.25, -0.2) is 18.0 Å². The molecule has 10 heteroatoms. The van der Waals surface area contributed by atoms with Gasteiger partial charge in [-0.05, 0) is 48.5 Å². The van der Waals surface area contributed by atoms with Gasteiger partial charge in [-0.15, -0.1) is 0 Å². The van der Waals surface area contributed by atoms with Crippen LogP contribution in [0.2, 0.25) is 0 Å². The number of likely N-dealkylation sites (tertiary alicyclic amines) is 1. The lowest BCUT2D eigenvalue weighted by Gasteiger charge is -2.42. The van der Waals surface area contributed by atoms with Crippen LogP contribution in [0.1, 0.15) is 54.9 Å². The molecule has 1 fully saturated rings. The fraction of sp³-hybridized carbons (Fsp3) is 0.875. The van der Waals surface area contributed by atoms with Crippen molar-refractivity contribution < 1.29 is 32.6 Å². The Morgan fingerprint density at radius 1 is 1.08 bits per heavy atom. The third-order valence-corrected chi connectivity index (χ3v) is 5.89. The Morgan fingerprint density at radius 2 is 1.54 bits per heavy atom. The van der Waals surface area contributed by atoms with E-state index in [0.29, 0.717) is 0 Å². The zero-order valence-corrected chi connectivity index (χ0v) is 17.5. The van der Waals surface area contributed by atoms with Gasteiger partial charge in [-0.3, -0.25) is 10.2 Å². The quantitative estimate of drug-likeness (QED) is 0.729. The van der Waals surface area contributed by atoms with Gasteiger partial charge in [0.15, 0.2) is 20.4 Å². The number of hydrogen-bond donors (Lipinski definition) is 2. The lowest BCUT2D eigenvalue weighted by molar-refractivity contribution is -0.0936. The van der Waals surface area contributed by atoms with Gasteiger partial charge in [-0.1, -0.05) is 0 Å². The Kier molecular flexibility index (Phi) is 5.67. The van der Waals surface area contributed by atoms with Crippen LogP contribution in [0.25, 0.3) is 0 Å². The first-order valence-corrected chi connectivity index (χ1v) is 10.2. The van der Waals surface area contributed by atoms with E-state index in [1.807, 2.05) is 0 Å². The summed E-state index contributed by atoms with van der Waals surface area (Å²) in [5, 5.41) is 13.3. The summed E-state index contributed by atoms with van der Waals surface area (Å²) in [4.78, 5) is 23.4. The zero-order chi connectivity index (χ0) is 20.8. The number of nitrogens with zero attached hydrogens (tertiary/aromatic N) is 1. The molecular weight excluding hydrogens is 364 g/mol. The van der Waals surface area contributed by atoms with Gasteiger partial charge in [0.05, 0.1) is 0 Å². The van der Waals surface area contributed by atoms with E-state index in [1.54, 1.807) is 41.5 Å². The van der Waals surface area contributed by atoms with Crippen molar-refractivity contribution in [1.82, 2.24) is 10.2 Å². The largest absolute Gasteiger partial charge is 0.444 e. The zero-order valence-electron chi connectivity index (χ0n) is 16.7. The highest BCUT2D eigenvalue weighted by atomic mass is 32.2. The molecule has 1 rings (SSSR count). The van der Waals surface area contributed by atoms with Gasteiger partial charge in [0.2, 0.25) is 0 Å². The molecule has 2 N–H and O–H groups in total. The second-order valence-corrected chi connectivity index (χ2v) is 10.9. The summed E-state index contributed by atoms with van der Waals surface area (Å²) in [5.74, 6) is 0. The Labute approximate surface area is 154 Å². The van der Waals surface area contributed by atoms with E-state index in [4.69, 9.17) is 9.47 Å². The highest BCUT2D eigenvalue weighted by molar-refractivity contribution is 7.92. The van der Waals surface area contributed by atoms with Crippen LogP contribution in [0.15, 0.2) is 0 Å².